The first kappa shape index (κ1) is 19.4. The smallest absolute Gasteiger partial charge is 0.323 e. The standard InChI is InChI=1S/C15H20ClNO5S/c1-15(2,3)23(21,22)10-13(18)17(9-14(19)20)8-11-4-6-12(16)7-5-11/h4-7H,8-10H2,1-3H3,(H,19,20). The van der Waals surface area contributed by atoms with E-state index in [9.17, 15) is 18.0 Å². The molecule has 1 N–H and O–H groups in total. The number of sulfone groups is 1. The average molecular weight is 362 g/mol. The Bertz CT molecular complexity index is 677. The summed E-state index contributed by atoms with van der Waals surface area (Å²) in [7, 11) is -3.68. The highest BCUT2D eigenvalue weighted by atomic mass is 35.5. The lowest BCUT2D eigenvalue weighted by molar-refractivity contribution is -0.143. The van der Waals surface area contributed by atoms with Gasteiger partial charge in [0.05, 0.1) is 4.75 Å². The van der Waals surface area contributed by atoms with Gasteiger partial charge >= 0.3 is 5.97 Å². The number of carboxylic acid groups (broad SMARTS) is 1. The molecule has 1 aromatic carbocycles. The van der Waals surface area contributed by atoms with E-state index < -0.39 is 38.8 Å². The number of halogens is 1. The Morgan fingerprint density at radius 1 is 1.17 bits per heavy atom. The van der Waals surface area contributed by atoms with E-state index in [-0.39, 0.29) is 6.54 Å². The van der Waals surface area contributed by atoms with Gasteiger partial charge in [-0.3, -0.25) is 9.59 Å². The Hall–Kier alpha value is -1.60. The summed E-state index contributed by atoms with van der Waals surface area (Å²) in [5.74, 6) is -2.67. The number of carbonyl (C=O) groups excluding carboxylic acids is 1. The van der Waals surface area contributed by atoms with Crippen molar-refractivity contribution in [3.63, 3.8) is 0 Å². The summed E-state index contributed by atoms with van der Waals surface area (Å²) in [5, 5.41) is 9.46. The number of carboxylic acids is 1. The maximum atomic E-state index is 12.3. The highest BCUT2D eigenvalue weighted by Crippen LogP contribution is 2.17. The van der Waals surface area contributed by atoms with E-state index in [0.717, 1.165) is 4.90 Å². The number of carbonyl (C=O) groups is 2. The molecule has 23 heavy (non-hydrogen) atoms. The molecule has 0 atom stereocenters. The SMILES string of the molecule is CC(C)(C)S(=O)(=O)CC(=O)N(CC(=O)O)Cc1ccc(Cl)cc1. The van der Waals surface area contributed by atoms with Crippen molar-refractivity contribution in [3.8, 4) is 0 Å². The molecule has 0 aliphatic rings. The summed E-state index contributed by atoms with van der Waals surface area (Å²) >= 11 is 5.78. The van der Waals surface area contributed by atoms with E-state index in [2.05, 4.69) is 0 Å². The lowest BCUT2D eigenvalue weighted by Gasteiger charge is -2.24. The van der Waals surface area contributed by atoms with Crippen molar-refractivity contribution in [1.29, 1.82) is 0 Å². The Kier molecular flexibility index (Phi) is 6.18. The van der Waals surface area contributed by atoms with Crippen molar-refractivity contribution in [2.75, 3.05) is 12.3 Å². The molecule has 0 aliphatic carbocycles. The third-order valence-corrected chi connectivity index (χ3v) is 5.96. The van der Waals surface area contributed by atoms with Gasteiger partial charge in [-0.15, -0.1) is 0 Å². The van der Waals surface area contributed by atoms with E-state index >= 15 is 0 Å². The first-order chi connectivity index (χ1) is 10.4. The molecule has 0 aliphatic heterocycles. The number of amides is 1. The average Bonchev–Trinajstić information content (AvgIpc) is 2.38. The molecule has 8 heteroatoms. The van der Waals surface area contributed by atoms with Gasteiger partial charge in [0.1, 0.15) is 12.3 Å². The van der Waals surface area contributed by atoms with Crippen LogP contribution in [0.3, 0.4) is 0 Å². The second kappa shape index (κ2) is 7.31. The number of hydrogen-bond donors (Lipinski definition) is 1. The zero-order valence-corrected chi connectivity index (χ0v) is 14.8. The fourth-order valence-corrected chi connectivity index (χ4v) is 2.74. The molecular formula is C15H20ClNO5S. The van der Waals surface area contributed by atoms with E-state index in [1.165, 1.54) is 20.8 Å². The fraction of sp³-hybridized carbons (Fsp3) is 0.467. The van der Waals surface area contributed by atoms with Gasteiger partial charge in [-0.1, -0.05) is 23.7 Å². The maximum Gasteiger partial charge on any atom is 0.323 e. The minimum absolute atomic E-state index is 0.00195. The second-order valence-electron chi connectivity index (χ2n) is 6.14. The van der Waals surface area contributed by atoms with Crippen LogP contribution in [-0.2, 0) is 26.0 Å². The maximum absolute atomic E-state index is 12.3. The van der Waals surface area contributed by atoms with Gasteiger partial charge in [-0.05, 0) is 38.5 Å². The predicted octanol–water partition coefficient (Wildman–Crippen LogP) is 1.97. The molecule has 128 valence electrons. The van der Waals surface area contributed by atoms with E-state index in [0.29, 0.717) is 10.6 Å². The van der Waals surface area contributed by atoms with Crippen LogP contribution < -0.4 is 0 Å². The normalized spacial score (nSPS) is 12.0. The highest BCUT2D eigenvalue weighted by Gasteiger charge is 2.33. The summed E-state index contributed by atoms with van der Waals surface area (Å²) in [6, 6.07) is 6.55. The molecule has 0 bridgehead atoms. The van der Waals surface area contributed by atoms with Crippen molar-refractivity contribution in [1.82, 2.24) is 4.90 Å². The zero-order valence-electron chi connectivity index (χ0n) is 13.2. The minimum atomic E-state index is -3.68. The number of benzene rings is 1. The van der Waals surface area contributed by atoms with Crippen LogP contribution in [0.5, 0.6) is 0 Å². The summed E-state index contributed by atoms with van der Waals surface area (Å²) in [4.78, 5) is 24.2. The summed E-state index contributed by atoms with van der Waals surface area (Å²) in [5.41, 5.74) is 0.664. The van der Waals surface area contributed by atoms with Crippen molar-refractivity contribution >= 4 is 33.3 Å². The van der Waals surface area contributed by atoms with Gasteiger partial charge < -0.3 is 10.0 Å². The monoisotopic (exact) mass is 361 g/mol. The molecule has 0 aromatic heterocycles. The van der Waals surface area contributed by atoms with Crippen LogP contribution in [-0.4, -0.2) is 47.3 Å². The molecule has 0 unspecified atom stereocenters. The van der Waals surface area contributed by atoms with Gasteiger partial charge in [0.25, 0.3) is 0 Å². The number of hydrogen-bond acceptors (Lipinski definition) is 4. The van der Waals surface area contributed by atoms with Crippen molar-refractivity contribution in [2.24, 2.45) is 0 Å². The van der Waals surface area contributed by atoms with Crippen LogP contribution in [0.1, 0.15) is 26.3 Å². The Morgan fingerprint density at radius 3 is 2.13 bits per heavy atom. The minimum Gasteiger partial charge on any atom is -0.480 e. The number of rotatable bonds is 6. The van der Waals surface area contributed by atoms with E-state index in [1.54, 1.807) is 24.3 Å². The molecule has 0 heterocycles. The fourth-order valence-electron chi connectivity index (χ4n) is 1.68. The lowest BCUT2D eigenvalue weighted by atomic mass is 10.2. The number of nitrogens with zero attached hydrogens (tertiary/aromatic N) is 1. The topological polar surface area (TPSA) is 91.8 Å². The van der Waals surface area contributed by atoms with Gasteiger partial charge in [-0.2, -0.15) is 0 Å². The van der Waals surface area contributed by atoms with Crippen molar-refractivity contribution in [2.45, 2.75) is 32.1 Å². The van der Waals surface area contributed by atoms with Crippen LogP contribution in [0.4, 0.5) is 0 Å². The molecule has 1 amide bonds. The van der Waals surface area contributed by atoms with Crippen LogP contribution >= 0.6 is 11.6 Å². The molecule has 0 spiro atoms. The van der Waals surface area contributed by atoms with Gasteiger partial charge in [0.15, 0.2) is 9.84 Å². The highest BCUT2D eigenvalue weighted by molar-refractivity contribution is 7.93. The Labute approximate surface area is 141 Å². The van der Waals surface area contributed by atoms with Crippen LogP contribution in [0.15, 0.2) is 24.3 Å². The van der Waals surface area contributed by atoms with E-state index in [4.69, 9.17) is 16.7 Å². The van der Waals surface area contributed by atoms with Gasteiger partial charge in [0, 0.05) is 11.6 Å². The molecule has 1 rings (SSSR count). The molecular weight excluding hydrogens is 342 g/mol. The summed E-state index contributed by atoms with van der Waals surface area (Å²) in [6.45, 7) is 3.92. The first-order valence-corrected chi connectivity index (χ1v) is 8.92. The van der Waals surface area contributed by atoms with Crippen LogP contribution in [0, 0.1) is 0 Å². The van der Waals surface area contributed by atoms with E-state index in [1.807, 2.05) is 0 Å². The molecule has 1 aromatic rings. The predicted molar refractivity (Wildman–Crippen MR) is 88.0 cm³/mol. The van der Waals surface area contributed by atoms with Crippen molar-refractivity contribution < 1.29 is 23.1 Å². The molecule has 6 nitrogen and oxygen atoms in total. The Morgan fingerprint density at radius 2 is 1.70 bits per heavy atom. The van der Waals surface area contributed by atoms with Crippen molar-refractivity contribution in [3.05, 3.63) is 34.9 Å². The van der Waals surface area contributed by atoms with Crippen LogP contribution in [0.25, 0.3) is 0 Å². The summed E-state index contributed by atoms with van der Waals surface area (Å²) in [6.07, 6.45) is 0. The zero-order chi connectivity index (χ0) is 17.8. The third-order valence-electron chi connectivity index (χ3n) is 3.21. The summed E-state index contributed by atoms with van der Waals surface area (Å²) < 4.78 is 23.2. The van der Waals surface area contributed by atoms with Gasteiger partial charge in [-0.25, -0.2) is 8.42 Å². The van der Waals surface area contributed by atoms with Crippen LogP contribution in [0.2, 0.25) is 5.02 Å². The first-order valence-electron chi connectivity index (χ1n) is 6.89. The molecule has 0 saturated heterocycles. The largest absolute Gasteiger partial charge is 0.480 e. The molecule has 0 fully saturated rings. The third kappa shape index (κ3) is 5.84. The number of aliphatic carboxylic acids is 1. The van der Waals surface area contributed by atoms with Gasteiger partial charge in [0.2, 0.25) is 5.91 Å². The molecule has 0 radical (unpaired) electrons. The lowest BCUT2D eigenvalue weighted by Crippen LogP contribution is -2.42. The quantitative estimate of drug-likeness (QED) is 0.836. The second-order valence-corrected chi connectivity index (χ2v) is 9.32. The molecule has 0 saturated carbocycles. The Balaban J connectivity index is 2.95.